The van der Waals surface area contributed by atoms with Gasteiger partial charge in [0.1, 0.15) is 0 Å². The number of allylic oxidation sites excluding steroid dienone is 2. The van der Waals surface area contributed by atoms with E-state index < -0.39 is 34.7 Å². The monoisotopic (exact) mass is 467 g/mol. The van der Waals surface area contributed by atoms with Gasteiger partial charge in [0, 0.05) is 35.2 Å². The summed E-state index contributed by atoms with van der Waals surface area (Å²) in [5.74, 6) is -3.26. The Labute approximate surface area is 195 Å². The number of hydrogen-bond acceptors (Lipinski definition) is 8. The minimum Gasteiger partial charge on any atom is -0.447 e. The number of ether oxygens (including phenoxy) is 1. The molecule has 0 spiro atoms. The number of benzene rings is 1. The molecular formula is C22H25N7O5. The van der Waals surface area contributed by atoms with Crippen LogP contribution in [0.4, 0.5) is 5.69 Å². The Kier molecular flexibility index (Phi) is 9.61. The predicted molar refractivity (Wildman–Crippen MR) is 121 cm³/mol. The summed E-state index contributed by atoms with van der Waals surface area (Å²) in [6.07, 6.45) is 4.00. The fourth-order valence-electron chi connectivity index (χ4n) is 3.61. The lowest BCUT2D eigenvalue weighted by atomic mass is 9.88. The third kappa shape index (κ3) is 6.82. The van der Waals surface area contributed by atoms with Crippen LogP contribution in [0.2, 0.25) is 0 Å². The van der Waals surface area contributed by atoms with Gasteiger partial charge in [-0.05, 0) is 37.1 Å². The minimum atomic E-state index is -1.45. The zero-order chi connectivity index (χ0) is 25.1. The highest BCUT2D eigenvalue weighted by Crippen LogP contribution is 2.32. The maximum atomic E-state index is 13.1. The maximum Gasteiger partial charge on any atom is 0.337 e. The van der Waals surface area contributed by atoms with Gasteiger partial charge in [0.25, 0.3) is 11.6 Å². The maximum absolute atomic E-state index is 13.1. The van der Waals surface area contributed by atoms with Crippen molar-refractivity contribution < 1.29 is 19.2 Å². The van der Waals surface area contributed by atoms with Crippen LogP contribution < -0.4 is 11.1 Å². The molecule has 1 heterocycles. The van der Waals surface area contributed by atoms with E-state index in [2.05, 4.69) is 15.3 Å². The van der Waals surface area contributed by atoms with Gasteiger partial charge < -0.3 is 15.8 Å². The number of rotatable bonds is 12. The summed E-state index contributed by atoms with van der Waals surface area (Å²) in [7, 11) is 0. The topological polar surface area (TPSA) is 197 Å². The Morgan fingerprint density at radius 3 is 2.65 bits per heavy atom. The van der Waals surface area contributed by atoms with Crippen molar-refractivity contribution in [3.8, 4) is 6.07 Å². The normalized spacial score (nSPS) is 16.4. The number of carbonyl (C=O) groups excluding carboxylic acids is 2. The number of primary amides is 1. The third-order valence-electron chi connectivity index (χ3n) is 5.37. The van der Waals surface area contributed by atoms with Crippen molar-refractivity contribution in [1.29, 1.82) is 5.26 Å². The highest BCUT2D eigenvalue weighted by atomic mass is 16.6. The predicted octanol–water partition coefficient (Wildman–Crippen LogP) is 3.48. The summed E-state index contributed by atoms with van der Waals surface area (Å²) >= 11 is 0. The Morgan fingerprint density at radius 1 is 1.35 bits per heavy atom. The van der Waals surface area contributed by atoms with Crippen molar-refractivity contribution in [2.75, 3.05) is 6.54 Å². The van der Waals surface area contributed by atoms with Crippen molar-refractivity contribution in [2.45, 2.75) is 44.6 Å². The summed E-state index contributed by atoms with van der Waals surface area (Å²) in [5.41, 5.74) is 15.0. The van der Waals surface area contributed by atoms with E-state index in [4.69, 9.17) is 16.0 Å². The largest absolute Gasteiger partial charge is 0.447 e. The van der Waals surface area contributed by atoms with Gasteiger partial charge >= 0.3 is 5.97 Å². The number of nitriles is 1. The molecule has 34 heavy (non-hydrogen) atoms. The molecular weight excluding hydrogens is 442 g/mol. The first kappa shape index (κ1) is 25.9. The van der Waals surface area contributed by atoms with Crippen LogP contribution in [-0.2, 0) is 14.3 Å². The van der Waals surface area contributed by atoms with Gasteiger partial charge in [0.2, 0.25) is 0 Å². The van der Waals surface area contributed by atoms with Crippen molar-refractivity contribution >= 4 is 17.6 Å². The number of nitro benzene ring substituents is 1. The Hall–Kier alpha value is -4.36. The first-order valence-corrected chi connectivity index (χ1v) is 10.6. The van der Waals surface area contributed by atoms with Crippen LogP contribution in [0.1, 0.15) is 44.1 Å². The molecule has 0 aliphatic carbocycles. The number of hydrogen-bond donors (Lipinski definition) is 2. The summed E-state index contributed by atoms with van der Waals surface area (Å²) in [5, 5.41) is 26.9. The average molecular weight is 467 g/mol. The van der Waals surface area contributed by atoms with E-state index in [9.17, 15) is 25.0 Å². The molecule has 0 radical (unpaired) electrons. The van der Waals surface area contributed by atoms with Crippen LogP contribution in [0.5, 0.6) is 0 Å². The number of amides is 1. The zero-order valence-corrected chi connectivity index (χ0v) is 18.6. The summed E-state index contributed by atoms with van der Waals surface area (Å²) in [4.78, 5) is 38.3. The standard InChI is InChI=1S/C22H25N7O5/c1-14-19(18(10-12-26-14)15-6-8-17(9-7-15)29(32)33)22(31)34-20(21(24)30)16(13-23)5-3-2-4-11-27-28-25/h6-10,12,16,18,20,26H,2-5,11H2,1H3,(H2,24,30). The van der Waals surface area contributed by atoms with Gasteiger partial charge in [0.05, 0.1) is 22.5 Å². The van der Waals surface area contributed by atoms with Gasteiger partial charge in [-0.3, -0.25) is 14.9 Å². The summed E-state index contributed by atoms with van der Waals surface area (Å²) in [6, 6.07) is 7.75. The minimum absolute atomic E-state index is 0.0865. The lowest BCUT2D eigenvalue weighted by Crippen LogP contribution is -2.40. The van der Waals surface area contributed by atoms with Crippen LogP contribution >= 0.6 is 0 Å². The van der Waals surface area contributed by atoms with Gasteiger partial charge in [-0.25, -0.2) is 4.79 Å². The average Bonchev–Trinajstić information content (AvgIpc) is 2.82. The van der Waals surface area contributed by atoms with E-state index >= 15 is 0 Å². The molecule has 3 unspecified atom stereocenters. The number of nitrogens with zero attached hydrogens (tertiary/aromatic N) is 5. The molecule has 1 amide bonds. The molecule has 1 aromatic rings. The number of non-ortho nitro benzene ring substituents is 1. The molecule has 0 saturated carbocycles. The molecule has 12 heteroatoms. The van der Waals surface area contributed by atoms with E-state index in [1.165, 1.54) is 12.1 Å². The second kappa shape index (κ2) is 12.6. The van der Waals surface area contributed by atoms with E-state index in [-0.39, 0.29) is 17.7 Å². The first-order chi connectivity index (χ1) is 16.3. The molecule has 2 rings (SSSR count). The number of unbranched alkanes of at least 4 members (excludes halogenated alkanes) is 2. The number of nitrogens with two attached hydrogens (primary N) is 1. The number of dihydropyridines is 1. The van der Waals surface area contributed by atoms with E-state index in [1.54, 1.807) is 31.3 Å². The highest BCUT2D eigenvalue weighted by Gasteiger charge is 2.34. The van der Waals surface area contributed by atoms with Gasteiger partial charge in [-0.2, -0.15) is 5.26 Å². The van der Waals surface area contributed by atoms with Crippen molar-refractivity contribution in [2.24, 2.45) is 16.8 Å². The second-order valence-electron chi connectivity index (χ2n) is 7.64. The molecule has 0 aromatic heterocycles. The molecule has 0 fully saturated rings. The molecule has 0 saturated heterocycles. The van der Waals surface area contributed by atoms with Crippen molar-refractivity contribution in [3.05, 3.63) is 73.9 Å². The molecule has 3 N–H and O–H groups in total. The lowest BCUT2D eigenvalue weighted by molar-refractivity contribution is -0.384. The molecule has 0 bridgehead atoms. The SMILES string of the molecule is CC1=C(C(=O)OC(C(N)=O)C(C#N)CCCCCN=[N+]=[N-])C(c2ccc([N+](=O)[O-])cc2)C=CN1. The zero-order valence-electron chi connectivity index (χ0n) is 18.6. The first-order valence-electron chi connectivity index (χ1n) is 10.6. The molecule has 12 nitrogen and oxygen atoms in total. The fraction of sp³-hybridized carbons (Fsp3) is 0.409. The second-order valence-corrected chi connectivity index (χ2v) is 7.64. The van der Waals surface area contributed by atoms with E-state index in [0.29, 0.717) is 37.1 Å². The number of esters is 1. The summed E-state index contributed by atoms with van der Waals surface area (Å²) < 4.78 is 5.44. The van der Waals surface area contributed by atoms with Crippen LogP contribution in [-0.4, -0.2) is 29.4 Å². The number of nitrogens with one attached hydrogen (secondary N) is 1. The van der Waals surface area contributed by atoms with E-state index in [0.717, 1.165) is 0 Å². The van der Waals surface area contributed by atoms with Crippen LogP contribution in [0.3, 0.4) is 0 Å². The van der Waals surface area contributed by atoms with Crippen LogP contribution in [0, 0.1) is 27.4 Å². The quantitative estimate of drug-likeness (QED) is 0.0891. The van der Waals surface area contributed by atoms with Gasteiger partial charge in [-0.1, -0.05) is 36.2 Å². The molecule has 3 atom stereocenters. The Balaban J connectivity index is 2.17. The van der Waals surface area contributed by atoms with Crippen molar-refractivity contribution in [3.63, 3.8) is 0 Å². The molecule has 1 aliphatic heterocycles. The molecule has 178 valence electrons. The van der Waals surface area contributed by atoms with Crippen LogP contribution in [0.15, 0.2) is 52.9 Å². The number of azide groups is 1. The van der Waals surface area contributed by atoms with Crippen molar-refractivity contribution in [1.82, 2.24) is 5.32 Å². The molecule has 1 aromatic carbocycles. The van der Waals surface area contributed by atoms with Gasteiger partial charge in [0.15, 0.2) is 6.10 Å². The lowest BCUT2D eigenvalue weighted by Gasteiger charge is -2.26. The smallest absolute Gasteiger partial charge is 0.337 e. The Bertz CT molecular complexity index is 1070. The van der Waals surface area contributed by atoms with Crippen LogP contribution in [0.25, 0.3) is 10.4 Å². The third-order valence-corrected chi connectivity index (χ3v) is 5.37. The highest BCUT2D eigenvalue weighted by molar-refractivity contribution is 5.94. The Morgan fingerprint density at radius 2 is 2.06 bits per heavy atom. The molecule has 1 aliphatic rings. The fourth-order valence-corrected chi connectivity index (χ4v) is 3.61. The van der Waals surface area contributed by atoms with Gasteiger partial charge in [-0.15, -0.1) is 0 Å². The summed E-state index contributed by atoms with van der Waals surface area (Å²) in [6.45, 7) is 1.99. The van der Waals surface area contributed by atoms with E-state index in [1.807, 2.05) is 6.07 Å². The number of nitro groups is 1. The number of carbonyl (C=O) groups is 2.